The van der Waals surface area contributed by atoms with Gasteiger partial charge in [0.15, 0.2) is 0 Å². The summed E-state index contributed by atoms with van der Waals surface area (Å²) in [5, 5.41) is 3.74. The molecule has 1 unspecified atom stereocenters. The van der Waals surface area contributed by atoms with Crippen LogP contribution in [0.5, 0.6) is 0 Å². The van der Waals surface area contributed by atoms with Crippen LogP contribution in [0.25, 0.3) is 0 Å². The van der Waals surface area contributed by atoms with E-state index in [-0.39, 0.29) is 11.6 Å². The fraction of sp³-hybridized carbons (Fsp3) is 0.333. The smallest absolute Gasteiger partial charge is 0.254 e. The van der Waals surface area contributed by atoms with Crippen LogP contribution in [0.3, 0.4) is 0 Å². The van der Waals surface area contributed by atoms with E-state index in [1.54, 1.807) is 6.92 Å². The van der Waals surface area contributed by atoms with Crippen LogP contribution in [0.2, 0.25) is 0 Å². The highest BCUT2D eigenvalue weighted by molar-refractivity contribution is 7.11. The average molecular weight is 307 g/mol. The Balaban J connectivity index is 2.24. The molecule has 0 saturated heterocycles. The number of aromatic nitrogens is 1. The molecule has 0 aliphatic heterocycles. The van der Waals surface area contributed by atoms with Crippen molar-refractivity contribution in [2.24, 2.45) is 0 Å². The normalized spacial score (nSPS) is 12.2. The number of thiazole rings is 1. The number of aryl methyl sites for hydroxylation is 3. The number of carbonyl (C=O) groups excluding carboxylic acids is 1. The largest absolute Gasteiger partial charge is 0.399 e. The van der Waals surface area contributed by atoms with Crippen molar-refractivity contribution in [1.82, 2.24) is 10.3 Å². The Morgan fingerprint density at radius 3 is 2.62 bits per heavy atom. The van der Waals surface area contributed by atoms with E-state index in [1.807, 2.05) is 20.8 Å². The van der Waals surface area contributed by atoms with E-state index >= 15 is 0 Å². The summed E-state index contributed by atoms with van der Waals surface area (Å²) in [6.07, 6.45) is 0. The Hall–Kier alpha value is -1.95. The Morgan fingerprint density at radius 2 is 2.05 bits per heavy atom. The zero-order valence-corrected chi connectivity index (χ0v) is 13.3. The fourth-order valence-corrected chi connectivity index (χ4v) is 3.18. The molecule has 4 nitrogen and oxygen atoms in total. The molecule has 21 heavy (non-hydrogen) atoms. The first kappa shape index (κ1) is 15.4. The van der Waals surface area contributed by atoms with E-state index in [0.717, 1.165) is 15.6 Å². The minimum atomic E-state index is -0.536. The van der Waals surface area contributed by atoms with Crippen LogP contribution in [0, 0.1) is 26.6 Å². The Kier molecular flexibility index (Phi) is 4.27. The van der Waals surface area contributed by atoms with Crippen LogP contribution in [-0.4, -0.2) is 10.9 Å². The number of nitrogens with two attached hydrogens (primary N) is 1. The highest BCUT2D eigenvalue weighted by Crippen LogP contribution is 2.25. The molecule has 0 bridgehead atoms. The number of anilines is 1. The summed E-state index contributed by atoms with van der Waals surface area (Å²) in [6, 6.07) is 2.63. The molecule has 112 valence electrons. The fourth-order valence-electron chi connectivity index (χ4n) is 2.25. The van der Waals surface area contributed by atoms with Gasteiger partial charge in [0, 0.05) is 10.6 Å². The standard InChI is InChI=1S/C15H18FN3OS/c1-7-5-11(17)6-12(13(7)16)15(20)19-9(3)14-8(2)18-10(4)21-14/h5-6,9H,17H2,1-4H3,(H,19,20). The summed E-state index contributed by atoms with van der Waals surface area (Å²) in [7, 11) is 0. The number of benzene rings is 1. The van der Waals surface area contributed by atoms with Crippen LogP contribution in [-0.2, 0) is 0 Å². The van der Waals surface area contributed by atoms with Gasteiger partial charge in [-0.25, -0.2) is 9.37 Å². The van der Waals surface area contributed by atoms with E-state index in [0.29, 0.717) is 11.3 Å². The summed E-state index contributed by atoms with van der Waals surface area (Å²) in [5.41, 5.74) is 7.27. The number of halogens is 1. The van der Waals surface area contributed by atoms with E-state index in [2.05, 4.69) is 10.3 Å². The van der Waals surface area contributed by atoms with Gasteiger partial charge in [0.1, 0.15) is 5.82 Å². The maximum absolute atomic E-state index is 14.0. The van der Waals surface area contributed by atoms with Gasteiger partial charge < -0.3 is 11.1 Å². The lowest BCUT2D eigenvalue weighted by molar-refractivity contribution is 0.0936. The maximum Gasteiger partial charge on any atom is 0.254 e. The number of rotatable bonds is 3. The van der Waals surface area contributed by atoms with Crippen molar-refractivity contribution in [3.8, 4) is 0 Å². The maximum atomic E-state index is 14.0. The van der Waals surface area contributed by atoms with Gasteiger partial charge in [0.05, 0.1) is 22.3 Å². The summed E-state index contributed by atoms with van der Waals surface area (Å²) in [4.78, 5) is 17.6. The highest BCUT2D eigenvalue weighted by Gasteiger charge is 2.19. The van der Waals surface area contributed by atoms with Crippen molar-refractivity contribution in [3.63, 3.8) is 0 Å². The average Bonchev–Trinajstić information content (AvgIpc) is 2.72. The van der Waals surface area contributed by atoms with Gasteiger partial charge in [-0.1, -0.05) is 0 Å². The second-order valence-corrected chi connectivity index (χ2v) is 6.31. The summed E-state index contributed by atoms with van der Waals surface area (Å²) < 4.78 is 14.0. The highest BCUT2D eigenvalue weighted by atomic mass is 32.1. The molecule has 1 aromatic heterocycles. The van der Waals surface area contributed by atoms with Gasteiger partial charge in [-0.3, -0.25) is 4.79 Å². The van der Waals surface area contributed by atoms with Crippen LogP contribution in [0.15, 0.2) is 12.1 Å². The van der Waals surface area contributed by atoms with E-state index in [1.165, 1.54) is 23.5 Å². The molecule has 0 radical (unpaired) electrons. The molecule has 0 aliphatic carbocycles. The van der Waals surface area contributed by atoms with Crippen LogP contribution >= 0.6 is 11.3 Å². The summed E-state index contributed by atoms with van der Waals surface area (Å²) in [5.74, 6) is -1.01. The topological polar surface area (TPSA) is 68.0 Å². The van der Waals surface area contributed by atoms with Gasteiger partial charge in [-0.05, 0) is 45.4 Å². The third kappa shape index (κ3) is 3.21. The second kappa shape index (κ2) is 5.81. The molecule has 6 heteroatoms. The first-order valence-electron chi connectivity index (χ1n) is 6.60. The molecule has 0 saturated carbocycles. The lowest BCUT2D eigenvalue weighted by Gasteiger charge is -2.14. The number of carbonyl (C=O) groups is 1. The lowest BCUT2D eigenvalue weighted by atomic mass is 10.1. The lowest BCUT2D eigenvalue weighted by Crippen LogP contribution is -2.27. The number of nitrogen functional groups attached to an aromatic ring is 1. The molecule has 2 rings (SSSR count). The molecule has 3 N–H and O–H groups in total. The molecule has 1 atom stereocenters. The monoisotopic (exact) mass is 307 g/mol. The predicted molar refractivity (Wildman–Crippen MR) is 83.0 cm³/mol. The Labute approximate surface area is 127 Å². The molecule has 0 aliphatic rings. The van der Waals surface area contributed by atoms with Crippen molar-refractivity contribution in [2.45, 2.75) is 33.7 Å². The molecule has 2 aromatic rings. The van der Waals surface area contributed by atoms with Crippen molar-refractivity contribution >= 4 is 22.9 Å². The zero-order chi connectivity index (χ0) is 15.7. The van der Waals surface area contributed by atoms with E-state index in [4.69, 9.17) is 5.73 Å². The number of hydrogen-bond donors (Lipinski definition) is 2. The SMILES string of the molecule is Cc1nc(C)c(C(C)NC(=O)c2cc(N)cc(C)c2F)s1. The number of nitrogens with zero attached hydrogens (tertiary/aromatic N) is 1. The minimum absolute atomic E-state index is 0.0294. The first-order valence-corrected chi connectivity index (χ1v) is 7.41. The van der Waals surface area contributed by atoms with E-state index < -0.39 is 11.7 Å². The molecular weight excluding hydrogens is 289 g/mol. The van der Waals surface area contributed by atoms with Gasteiger partial charge >= 0.3 is 0 Å². The Morgan fingerprint density at radius 1 is 1.38 bits per heavy atom. The van der Waals surface area contributed by atoms with Crippen LogP contribution in [0.1, 0.15) is 44.5 Å². The molecule has 0 fully saturated rings. The second-order valence-electron chi connectivity index (χ2n) is 5.08. The van der Waals surface area contributed by atoms with Gasteiger partial charge in [-0.2, -0.15) is 0 Å². The van der Waals surface area contributed by atoms with Gasteiger partial charge in [-0.15, -0.1) is 11.3 Å². The molecule has 1 aromatic carbocycles. The number of amides is 1. The van der Waals surface area contributed by atoms with Crippen LogP contribution in [0.4, 0.5) is 10.1 Å². The van der Waals surface area contributed by atoms with Crippen molar-refractivity contribution < 1.29 is 9.18 Å². The predicted octanol–water partition coefficient (Wildman–Crippen LogP) is 3.28. The van der Waals surface area contributed by atoms with Gasteiger partial charge in [0.2, 0.25) is 0 Å². The van der Waals surface area contributed by atoms with Crippen molar-refractivity contribution in [1.29, 1.82) is 0 Å². The third-order valence-corrected chi connectivity index (χ3v) is 4.46. The van der Waals surface area contributed by atoms with Gasteiger partial charge in [0.25, 0.3) is 5.91 Å². The zero-order valence-electron chi connectivity index (χ0n) is 12.5. The molecule has 1 heterocycles. The summed E-state index contributed by atoms with van der Waals surface area (Å²) >= 11 is 1.53. The first-order chi connectivity index (χ1) is 9.79. The Bertz CT molecular complexity index is 696. The molecule has 1 amide bonds. The molecule has 0 spiro atoms. The molecular formula is C15H18FN3OS. The van der Waals surface area contributed by atoms with E-state index in [9.17, 15) is 9.18 Å². The minimum Gasteiger partial charge on any atom is -0.399 e. The quantitative estimate of drug-likeness (QED) is 0.855. The van der Waals surface area contributed by atoms with Crippen molar-refractivity contribution in [3.05, 3.63) is 44.7 Å². The number of hydrogen-bond acceptors (Lipinski definition) is 4. The number of nitrogens with one attached hydrogen (secondary N) is 1. The van der Waals surface area contributed by atoms with Crippen LogP contribution < -0.4 is 11.1 Å². The third-order valence-electron chi connectivity index (χ3n) is 3.20. The summed E-state index contributed by atoms with van der Waals surface area (Å²) in [6.45, 7) is 7.25. The van der Waals surface area contributed by atoms with Crippen molar-refractivity contribution in [2.75, 3.05) is 5.73 Å².